The standard InChI is InChI=1S/C11H12FNO4/c12-9-10(15)6(7(14)1-2-13)5-8-11(9)17-4-3-16-8/h5,15H,1-4,13H2. The van der Waals surface area contributed by atoms with Crippen molar-refractivity contribution < 1.29 is 23.8 Å². The monoisotopic (exact) mass is 241 g/mol. The molecule has 0 fully saturated rings. The first-order valence-electron chi connectivity index (χ1n) is 5.19. The van der Waals surface area contributed by atoms with Crippen LogP contribution in [0, 0.1) is 5.82 Å². The third-order valence-corrected chi connectivity index (χ3v) is 2.42. The molecule has 0 saturated heterocycles. The van der Waals surface area contributed by atoms with Gasteiger partial charge in [0, 0.05) is 6.42 Å². The van der Waals surface area contributed by atoms with E-state index in [0.29, 0.717) is 0 Å². The number of hydrogen-bond acceptors (Lipinski definition) is 5. The molecule has 0 spiro atoms. The molecule has 17 heavy (non-hydrogen) atoms. The van der Waals surface area contributed by atoms with Gasteiger partial charge in [-0.3, -0.25) is 4.79 Å². The van der Waals surface area contributed by atoms with E-state index in [4.69, 9.17) is 15.2 Å². The normalized spacial score (nSPS) is 13.5. The van der Waals surface area contributed by atoms with Gasteiger partial charge in [-0.2, -0.15) is 4.39 Å². The van der Waals surface area contributed by atoms with E-state index < -0.39 is 17.3 Å². The predicted octanol–water partition coefficient (Wildman–Crippen LogP) is 0.834. The number of hydrogen-bond donors (Lipinski definition) is 2. The van der Waals surface area contributed by atoms with Gasteiger partial charge in [0.15, 0.2) is 17.3 Å². The first kappa shape index (κ1) is 11.7. The maximum Gasteiger partial charge on any atom is 0.211 e. The molecule has 1 aliphatic heterocycles. The summed E-state index contributed by atoms with van der Waals surface area (Å²) >= 11 is 0. The molecule has 6 heteroatoms. The average Bonchev–Trinajstić information content (AvgIpc) is 2.34. The molecule has 0 atom stereocenters. The van der Waals surface area contributed by atoms with Crippen molar-refractivity contribution in [3.63, 3.8) is 0 Å². The smallest absolute Gasteiger partial charge is 0.211 e. The van der Waals surface area contributed by atoms with Crippen molar-refractivity contribution in [1.29, 1.82) is 0 Å². The van der Waals surface area contributed by atoms with E-state index in [0.717, 1.165) is 0 Å². The van der Waals surface area contributed by atoms with Crippen LogP contribution in [0.3, 0.4) is 0 Å². The quantitative estimate of drug-likeness (QED) is 0.766. The van der Waals surface area contributed by atoms with Gasteiger partial charge in [-0.15, -0.1) is 0 Å². The Labute approximate surface area is 96.9 Å². The second-order valence-electron chi connectivity index (χ2n) is 3.57. The summed E-state index contributed by atoms with van der Waals surface area (Å²) in [7, 11) is 0. The van der Waals surface area contributed by atoms with Gasteiger partial charge in [0.2, 0.25) is 11.6 Å². The van der Waals surface area contributed by atoms with E-state index in [-0.39, 0.29) is 43.2 Å². The van der Waals surface area contributed by atoms with Crippen LogP contribution in [-0.2, 0) is 0 Å². The summed E-state index contributed by atoms with van der Waals surface area (Å²) < 4.78 is 23.9. The molecule has 1 aromatic rings. The fourth-order valence-corrected chi connectivity index (χ4v) is 1.61. The highest BCUT2D eigenvalue weighted by molar-refractivity contribution is 5.99. The number of carbonyl (C=O) groups is 1. The highest BCUT2D eigenvalue weighted by atomic mass is 19.1. The van der Waals surface area contributed by atoms with Crippen molar-refractivity contribution in [2.24, 2.45) is 5.73 Å². The molecule has 5 nitrogen and oxygen atoms in total. The molecule has 1 aliphatic rings. The summed E-state index contributed by atoms with van der Waals surface area (Å²) in [5, 5.41) is 9.58. The molecular formula is C11H12FNO4. The van der Waals surface area contributed by atoms with Gasteiger partial charge in [0.1, 0.15) is 13.2 Å². The molecule has 0 bridgehead atoms. The van der Waals surface area contributed by atoms with Crippen molar-refractivity contribution in [3.05, 3.63) is 17.4 Å². The van der Waals surface area contributed by atoms with E-state index in [2.05, 4.69) is 0 Å². The maximum atomic E-state index is 13.7. The van der Waals surface area contributed by atoms with Gasteiger partial charge in [-0.1, -0.05) is 0 Å². The minimum absolute atomic E-state index is 0.0344. The van der Waals surface area contributed by atoms with Gasteiger partial charge >= 0.3 is 0 Å². The molecule has 0 radical (unpaired) electrons. The third kappa shape index (κ3) is 2.03. The number of phenols is 1. The van der Waals surface area contributed by atoms with E-state index >= 15 is 0 Å². The number of carbonyl (C=O) groups excluding carboxylic acids is 1. The van der Waals surface area contributed by atoms with E-state index in [9.17, 15) is 14.3 Å². The number of nitrogens with two attached hydrogens (primary N) is 1. The van der Waals surface area contributed by atoms with Crippen LogP contribution in [0.1, 0.15) is 16.8 Å². The number of fused-ring (bicyclic) bond motifs is 1. The number of phenolic OH excluding ortho intramolecular Hbond substituents is 1. The van der Waals surface area contributed by atoms with Gasteiger partial charge in [0.25, 0.3) is 0 Å². The third-order valence-electron chi connectivity index (χ3n) is 2.42. The molecule has 0 saturated carbocycles. The number of ketones is 1. The van der Waals surface area contributed by atoms with Crippen molar-refractivity contribution in [1.82, 2.24) is 0 Å². The molecule has 92 valence electrons. The van der Waals surface area contributed by atoms with Crippen LogP contribution in [0.4, 0.5) is 4.39 Å². The van der Waals surface area contributed by atoms with E-state index in [1.807, 2.05) is 0 Å². The number of aromatic hydroxyl groups is 1. The largest absolute Gasteiger partial charge is 0.504 e. The van der Waals surface area contributed by atoms with Crippen LogP contribution in [-0.4, -0.2) is 30.6 Å². The summed E-state index contributed by atoms with van der Waals surface area (Å²) in [6, 6.07) is 1.28. The lowest BCUT2D eigenvalue weighted by Crippen LogP contribution is -2.17. The van der Waals surface area contributed by atoms with E-state index in [1.54, 1.807) is 0 Å². The molecule has 0 aliphatic carbocycles. The molecule has 3 N–H and O–H groups in total. The minimum atomic E-state index is -0.970. The lowest BCUT2D eigenvalue weighted by molar-refractivity contribution is 0.0979. The van der Waals surface area contributed by atoms with Crippen molar-refractivity contribution in [2.45, 2.75) is 6.42 Å². The second-order valence-corrected chi connectivity index (χ2v) is 3.57. The Bertz CT molecular complexity index is 461. The van der Waals surface area contributed by atoms with Gasteiger partial charge in [-0.25, -0.2) is 0 Å². The van der Waals surface area contributed by atoms with Crippen molar-refractivity contribution in [2.75, 3.05) is 19.8 Å². The average molecular weight is 241 g/mol. The van der Waals surface area contributed by atoms with Gasteiger partial charge in [0.05, 0.1) is 5.56 Å². The highest BCUT2D eigenvalue weighted by Gasteiger charge is 2.25. The summed E-state index contributed by atoms with van der Waals surface area (Å²) in [6.07, 6.45) is 0.0344. The molecule has 0 unspecified atom stereocenters. The molecule has 2 rings (SSSR count). The lowest BCUT2D eigenvalue weighted by Gasteiger charge is -2.20. The number of benzene rings is 1. The zero-order valence-electron chi connectivity index (χ0n) is 9.03. The second kappa shape index (κ2) is 4.58. The Balaban J connectivity index is 2.47. The lowest BCUT2D eigenvalue weighted by atomic mass is 10.1. The van der Waals surface area contributed by atoms with Crippen LogP contribution < -0.4 is 15.2 Å². The topological polar surface area (TPSA) is 81.8 Å². The Morgan fingerprint density at radius 2 is 2.18 bits per heavy atom. The highest BCUT2D eigenvalue weighted by Crippen LogP contribution is 2.40. The van der Waals surface area contributed by atoms with E-state index in [1.165, 1.54) is 6.07 Å². The van der Waals surface area contributed by atoms with Crippen LogP contribution in [0.2, 0.25) is 0 Å². The molecule has 0 amide bonds. The summed E-state index contributed by atoms with van der Waals surface area (Å²) in [5.41, 5.74) is 5.11. The Hall–Kier alpha value is -1.82. The van der Waals surface area contributed by atoms with Crippen molar-refractivity contribution >= 4 is 5.78 Å². The molecular weight excluding hydrogens is 229 g/mol. The van der Waals surface area contributed by atoms with Gasteiger partial charge < -0.3 is 20.3 Å². The van der Waals surface area contributed by atoms with Crippen LogP contribution >= 0.6 is 0 Å². The fraction of sp³-hybridized carbons (Fsp3) is 0.364. The zero-order valence-corrected chi connectivity index (χ0v) is 9.03. The molecule has 0 aromatic heterocycles. The fourth-order valence-electron chi connectivity index (χ4n) is 1.61. The summed E-state index contributed by atoms with van der Waals surface area (Å²) in [4.78, 5) is 11.6. The number of Topliss-reactive ketones (excluding diaryl/α,β-unsaturated/α-hetero) is 1. The van der Waals surface area contributed by atoms with Crippen LogP contribution in [0.25, 0.3) is 0 Å². The Morgan fingerprint density at radius 1 is 1.47 bits per heavy atom. The Kier molecular flexibility index (Phi) is 3.14. The van der Waals surface area contributed by atoms with Gasteiger partial charge in [-0.05, 0) is 12.6 Å². The molecule has 1 heterocycles. The summed E-state index contributed by atoms with van der Waals surface area (Å²) in [5.74, 6) is -2.14. The first-order chi connectivity index (χ1) is 8.15. The number of rotatable bonds is 3. The minimum Gasteiger partial charge on any atom is -0.504 e. The maximum absolute atomic E-state index is 13.7. The number of ether oxygens (including phenoxy) is 2. The zero-order chi connectivity index (χ0) is 12.4. The molecule has 1 aromatic carbocycles. The SMILES string of the molecule is NCCC(=O)c1cc2c(c(F)c1O)OCCO2. The first-order valence-corrected chi connectivity index (χ1v) is 5.19. The predicted molar refractivity (Wildman–Crippen MR) is 57.1 cm³/mol. The summed E-state index contributed by atoms with van der Waals surface area (Å²) in [6.45, 7) is 0.621. The van der Waals surface area contributed by atoms with Crippen LogP contribution in [0.15, 0.2) is 6.07 Å². The van der Waals surface area contributed by atoms with Crippen LogP contribution in [0.5, 0.6) is 17.2 Å². The number of halogens is 1. The Morgan fingerprint density at radius 3 is 2.88 bits per heavy atom. The van der Waals surface area contributed by atoms with Crippen molar-refractivity contribution in [3.8, 4) is 17.2 Å².